The Labute approximate surface area is 134 Å². The molecule has 0 radical (unpaired) electrons. The molecule has 0 aromatic carbocycles. The number of hydrazine groups is 2. The number of hydrogen-bond donors (Lipinski definition) is 4. The summed E-state index contributed by atoms with van der Waals surface area (Å²) in [5, 5.41) is 0. The molecule has 1 aliphatic heterocycles. The molecule has 1 heterocycles. The van der Waals surface area contributed by atoms with Gasteiger partial charge in [0.25, 0.3) is 5.91 Å². The Morgan fingerprint density at radius 3 is 2.43 bits per heavy atom. The third kappa shape index (κ3) is 4.39. The number of nitrogens with one attached hydrogen (secondary N) is 2. The molecule has 0 unspecified atom stereocenters. The lowest BCUT2D eigenvalue weighted by Gasteiger charge is -2.21. The summed E-state index contributed by atoms with van der Waals surface area (Å²) in [6.07, 6.45) is 1.20. The fourth-order valence-electron chi connectivity index (χ4n) is 2.46. The minimum absolute atomic E-state index is 0.00239. The Hall–Kier alpha value is -2.20. The predicted octanol–water partition coefficient (Wildman–Crippen LogP) is -1.57. The number of nitrogens with two attached hydrogens (primary N) is 2. The first-order valence-electron chi connectivity index (χ1n) is 7.49. The summed E-state index contributed by atoms with van der Waals surface area (Å²) in [5.74, 6) is 8.21. The molecule has 0 aromatic heterocycles. The van der Waals surface area contributed by atoms with E-state index in [-0.39, 0.29) is 25.4 Å². The molecular formula is C13H24N6O4. The van der Waals surface area contributed by atoms with Crippen LogP contribution >= 0.6 is 0 Å². The molecular weight excluding hydrogens is 304 g/mol. The fourth-order valence-corrected chi connectivity index (χ4v) is 2.46. The van der Waals surface area contributed by atoms with E-state index in [1.165, 1.54) is 4.90 Å². The van der Waals surface area contributed by atoms with Crippen LogP contribution in [0.3, 0.4) is 0 Å². The fraction of sp³-hybridized carbons (Fsp3) is 0.692. The minimum Gasteiger partial charge on any atom is -0.312 e. The van der Waals surface area contributed by atoms with Crippen molar-refractivity contribution >= 4 is 23.8 Å². The summed E-state index contributed by atoms with van der Waals surface area (Å²) in [6, 6.07) is -1.12. The molecule has 2 atom stereocenters. The lowest BCUT2D eigenvalue weighted by Crippen LogP contribution is -2.43. The summed E-state index contributed by atoms with van der Waals surface area (Å²) < 4.78 is 0. The van der Waals surface area contributed by atoms with E-state index in [1.54, 1.807) is 6.92 Å². The maximum absolute atomic E-state index is 12.5. The van der Waals surface area contributed by atoms with Crippen LogP contribution in [-0.2, 0) is 14.4 Å². The highest BCUT2D eigenvalue weighted by atomic mass is 16.2. The first kappa shape index (κ1) is 18.8. The number of urea groups is 1. The predicted molar refractivity (Wildman–Crippen MR) is 81.0 cm³/mol. The SMILES string of the molecule is CCC[C@H]1C(=O)N(C[C@H](C)C(=O)NN)C(=O)N1CCC(=O)NN. The number of hydrogen-bond acceptors (Lipinski definition) is 6. The molecule has 10 nitrogen and oxygen atoms in total. The molecule has 1 aliphatic rings. The second-order valence-electron chi connectivity index (χ2n) is 5.46. The molecule has 1 rings (SSSR count). The molecule has 0 aromatic rings. The molecule has 23 heavy (non-hydrogen) atoms. The second-order valence-corrected chi connectivity index (χ2v) is 5.46. The Morgan fingerprint density at radius 2 is 1.91 bits per heavy atom. The van der Waals surface area contributed by atoms with Gasteiger partial charge in [0.2, 0.25) is 11.8 Å². The highest BCUT2D eigenvalue weighted by Gasteiger charge is 2.44. The van der Waals surface area contributed by atoms with Gasteiger partial charge in [-0.2, -0.15) is 0 Å². The molecule has 0 saturated carbocycles. The smallest absolute Gasteiger partial charge is 0.312 e. The minimum atomic E-state index is -0.623. The van der Waals surface area contributed by atoms with E-state index in [9.17, 15) is 19.2 Å². The van der Waals surface area contributed by atoms with Gasteiger partial charge in [0.05, 0.1) is 5.92 Å². The van der Waals surface area contributed by atoms with Crippen LogP contribution in [0.2, 0.25) is 0 Å². The van der Waals surface area contributed by atoms with E-state index in [0.29, 0.717) is 12.8 Å². The first-order chi connectivity index (χ1) is 10.9. The Kier molecular flexibility index (Phi) is 6.91. The van der Waals surface area contributed by atoms with Gasteiger partial charge in [-0.1, -0.05) is 20.3 Å². The summed E-state index contributed by atoms with van der Waals surface area (Å²) in [6.45, 7) is 3.50. The summed E-state index contributed by atoms with van der Waals surface area (Å²) >= 11 is 0. The second kappa shape index (κ2) is 8.44. The molecule has 0 aliphatic carbocycles. The van der Waals surface area contributed by atoms with Crippen molar-refractivity contribution in [2.75, 3.05) is 13.1 Å². The van der Waals surface area contributed by atoms with Crippen molar-refractivity contribution in [1.82, 2.24) is 20.7 Å². The normalized spacial score (nSPS) is 19.0. The molecule has 0 spiro atoms. The van der Waals surface area contributed by atoms with Gasteiger partial charge in [-0.15, -0.1) is 0 Å². The average molecular weight is 328 g/mol. The molecule has 130 valence electrons. The van der Waals surface area contributed by atoms with Gasteiger partial charge in [0.1, 0.15) is 6.04 Å². The van der Waals surface area contributed by atoms with Crippen molar-refractivity contribution in [2.45, 2.75) is 39.2 Å². The number of nitrogens with zero attached hydrogens (tertiary/aromatic N) is 2. The van der Waals surface area contributed by atoms with E-state index in [1.807, 2.05) is 17.8 Å². The van der Waals surface area contributed by atoms with Crippen molar-refractivity contribution in [1.29, 1.82) is 0 Å². The van der Waals surface area contributed by atoms with Crippen LogP contribution in [0.25, 0.3) is 0 Å². The Morgan fingerprint density at radius 1 is 1.26 bits per heavy atom. The van der Waals surface area contributed by atoms with Crippen LogP contribution in [0.4, 0.5) is 4.79 Å². The third-order valence-corrected chi connectivity index (χ3v) is 3.75. The number of amides is 5. The molecule has 1 fully saturated rings. The van der Waals surface area contributed by atoms with E-state index in [0.717, 1.165) is 4.90 Å². The van der Waals surface area contributed by atoms with Crippen molar-refractivity contribution in [3.05, 3.63) is 0 Å². The van der Waals surface area contributed by atoms with Gasteiger partial charge in [-0.05, 0) is 6.42 Å². The van der Waals surface area contributed by atoms with Crippen LogP contribution in [0.1, 0.15) is 33.1 Å². The van der Waals surface area contributed by atoms with E-state index in [2.05, 4.69) is 0 Å². The number of carbonyl (C=O) groups excluding carboxylic acids is 4. The Bertz CT molecular complexity index is 483. The lowest BCUT2D eigenvalue weighted by atomic mass is 10.1. The summed E-state index contributed by atoms with van der Waals surface area (Å²) in [4.78, 5) is 50.1. The topological polar surface area (TPSA) is 151 Å². The zero-order chi connectivity index (χ0) is 17.6. The van der Waals surface area contributed by atoms with E-state index < -0.39 is 29.8 Å². The van der Waals surface area contributed by atoms with Gasteiger partial charge in [-0.25, -0.2) is 16.5 Å². The van der Waals surface area contributed by atoms with E-state index in [4.69, 9.17) is 11.7 Å². The van der Waals surface area contributed by atoms with Gasteiger partial charge < -0.3 is 4.90 Å². The maximum Gasteiger partial charge on any atom is 0.327 e. The van der Waals surface area contributed by atoms with Crippen molar-refractivity contribution in [3.63, 3.8) is 0 Å². The van der Waals surface area contributed by atoms with Gasteiger partial charge in [0.15, 0.2) is 0 Å². The van der Waals surface area contributed by atoms with E-state index >= 15 is 0 Å². The highest BCUT2D eigenvalue weighted by Crippen LogP contribution is 2.22. The zero-order valence-corrected chi connectivity index (χ0v) is 13.4. The van der Waals surface area contributed by atoms with Gasteiger partial charge in [-0.3, -0.25) is 30.1 Å². The zero-order valence-electron chi connectivity index (χ0n) is 13.4. The lowest BCUT2D eigenvalue weighted by molar-refractivity contribution is -0.130. The first-order valence-corrected chi connectivity index (χ1v) is 7.49. The quantitative estimate of drug-likeness (QED) is 0.183. The molecule has 5 amide bonds. The summed E-state index contributed by atoms with van der Waals surface area (Å²) in [7, 11) is 0. The number of rotatable bonds is 8. The van der Waals surface area contributed by atoms with Crippen molar-refractivity contribution in [2.24, 2.45) is 17.6 Å². The van der Waals surface area contributed by atoms with Crippen LogP contribution in [0.15, 0.2) is 0 Å². The van der Waals surface area contributed by atoms with Crippen LogP contribution in [0.5, 0.6) is 0 Å². The summed E-state index contributed by atoms with van der Waals surface area (Å²) in [5.41, 5.74) is 3.98. The van der Waals surface area contributed by atoms with Crippen LogP contribution in [0, 0.1) is 5.92 Å². The standard InChI is InChI=1S/C13H24N6O4/c1-3-4-9-12(22)19(7-8(2)11(21)17-15)13(23)18(9)6-5-10(20)16-14/h8-9H,3-7,14-15H2,1-2H3,(H,16,20)(H,17,21)/t8-,9-/m0/s1. The largest absolute Gasteiger partial charge is 0.327 e. The Balaban J connectivity index is 2.85. The molecule has 6 N–H and O–H groups in total. The van der Waals surface area contributed by atoms with Crippen molar-refractivity contribution in [3.8, 4) is 0 Å². The van der Waals surface area contributed by atoms with Crippen LogP contribution < -0.4 is 22.5 Å². The molecule has 1 saturated heterocycles. The highest BCUT2D eigenvalue weighted by molar-refractivity contribution is 6.04. The number of carbonyl (C=O) groups is 4. The third-order valence-electron chi connectivity index (χ3n) is 3.75. The van der Waals surface area contributed by atoms with Crippen molar-refractivity contribution < 1.29 is 19.2 Å². The van der Waals surface area contributed by atoms with Gasteiger partial charge >= 0.3 is 6.03 Å². The van der Waals surface area contributed by atoms with Crippen LogP contribution in [-0.4, -0.2) is 52.7 Å². The molecule has 0 bridgehead atoms. The monoisotopic (exact) mass is 328 g/mol. The molecule has 10 heteroatoms. The van der Waals surface area contributed by atoms with Gasteiger partial charge in [0, 0.05) is 19.5 Å². The average Bonchev–Trinajstić information content (AvgIpc) is 2.76. The maximum atomic E-state index is 12.5. The number of imide groups is 1.